The SMILES string of the molecule is O=C(c1ccc(S(=O)(=O)N2CCCC2)cc1)N1CCN(CC(O)c2cccs2)CC1. The molecular formula is C21H27N3O4S2. The monoisotopic (exact) mass is 449 g/mol. The average Bonchev–Trinajstić information content (AvgIpc) is 3.48. The van der Waals surface area contributed by atoms with Crippen LogP contribution in [0.2, 0.25) is 0 Å². The molecular weight excluding hydrogens is 422 g/mol. The summed E-state index contributed by atoms with van der Waals surface area (Å²) in [6.45, 7) is 4.27. The van der Waals surface area contributed by atoms with Crippen LogP contribution in [0.5, 0.6) is 0 Å². The first-order valence-corrected chi connectivity index (χ1v) is 12.6. The molecule has 1 aromatic heterocycles. The molecule has 0 aliphatic carbocycles. The number of piperazine rings is 1. The second-order valence-corrected chi connectivity index (χ2v) is 10.7. The number of amides is 1. The average molecular weight is 450 g/mol. The van der Waals surface area contributed by atoms with E-state index in [1.54, 1.807) is 28.4 Å². The molecule has 2 saturated heterocycles. The second-order valence-electron chi connectivity index (χ2n) is 7.76. The first-order chi connectivity index (χ1) is 14.4. The maximum atomic E-state index is 12.8. The van der Waals surface area contributed by atoms with Crippen LogP contribution < -0.4 is 0 Å². The molecule has 1 unspecified atom stereocenters. The van der Waals surface area contributed by atoms with E-state index in [2.05, 4.69) is 4.90 Å². The van der Waals surface area contributed by atoms with Gasteiger partial charge in [-0.25, -0.2) is 8.42 Å². The largest absolute Gasteiger partial charge is 0.386 e. The molecule has 2 aliphatic heterocycles. The van der Waals surface area contributed by atoms with Crippen molar-refractivity contribution >= 4 is 27.3 Å². The van der Waals surface area contributed by atoms with Gasteiger partial charge in [0.05, 0.1) is 4.90 Å². The van der Waals surface area contributed by atoms with E-state index in [0.29, 0.717) is 51.4 Å². The standard InChI is InChI=1S/C21H27N3O4S2/c25-19(20-4-3-15-29-20)16-22-11-13-23(14-12-22)21(26)17-5-7-18(8-6-17)30(27,28)24-9-1-2-10-24/h3-8,15,19,25H,1-2,9-14,16H2. The molecule has 1 N–H and O–H groups in total. The fraction of sp³-hybridized carbons (Fsp3) is 0.476. The number of benzene rings is 1. The Labute approximate surface area is 181 Å². The molecule has 0 bridgehead atoms. The van der Waals surface area contributed by atoms with Crippen LogP contribution in [0.4, 0.5) is 0 Å². The van der Waals surface area contributed by atoms with Gasteiger partial charge in [-0.2, -0.15) is 4.31 Å². The number of sulfonamides is 1. The van der Waals surface area contributed by atoms with Crippen molar-refractivity contribution in [3.8, 4) is 0 Å². The van der Waals surface area contributed by atoms with E-state index in [4.69, 9.17) is 0 Å². The third-order valence-electron chi connectivity index (χ3n) is 5.77. The Hall–Kier alpha value is -1.78. The first-order valence-electron chi connectivity index (χ1n) is 10.3. The van der Waals surface area contributed by atoms with Gasteiger partial charge in [0.1, 0.15) is 6.10 Å². The van der Waals surface area contributed by atoms with Crippen LogP contribution in [0.1, 0.15) is 34.2 Å². The van der Waals surface area contributed by atoms with Crippen LogP contribution in [0, 0.1) is 0 Å². The molecule has 3 heterocycles. The number of carbonyl (C=O) groups excluding carboxylic acids is 1. The van der Waals surface area contributed by atoms with E-state index in [-0.39, 0.29) is 10.8 Å². The van der Waals surface area contributed by atoms with Crippen molar-refractivity contribution in [1.29, 1.82) is 0 Å². The van der Waals surface area contributed by atoms with Crippen molar-refractivity contribution in [3.63, 3.8) is 0 Å². The summed E-state index contributed by atoms with van der Waals surface area (Å²) in [7, 11) is -3.46. The van der Waals surface area contributed by atoms with Gasteiger partial charge in [-0.15, -0.1) is 11.3 Å². The summed E-state index contributed by atoms with van der Waals surface area (Å²) in [5.41, 5.74) is 0.502. The van der Waals surface area contributed by atoms with Gasteiger partial charge in [-0.3, -0.25) is 9.69 Å². The Morgan fingerprint density at radius 1 is 1.00 bits per heavy atom. The zero-order valence-electron chi connectivity index (χ0n) is 16.8. The summed E-state index contributed by atoms with van der Waals surface area (Å²) in [6, 6.07) is 10.2. The lowest BCUT2D eigenvalue weighted by molar-refractivity contribution is 0.0532. The van der Waals surface area contributed by atoms with Gasteiger partial charge in [0.25, 0.3) is 5.91 Å². The number of nitrogens with zero attached hydrogens (tertiary/aromatic N) is 3. The van der Waals surface area contributed by atoms with Gasteiger partial charge in [-0.1, -0.05) is 6.07 Å². The summed E-state index contributed by atoms with van der Waals surface area (Å²) in [5, 5.41) is 12.3. The number of hydrogen-bond acceptors (Lipinski definition) is 6. The summed E-state index contributed by atoms with van der Waals surface area (Å²) in [6.07, 6.45) is 1.29. The number of β-amino-alcohol motifs (C(OH)–C–C–N with tert-alkyl or cyclic N) is 1. The summed E-state index contributed by atoms with van der Waals surface area (Å²) < 4.78 is 26.8. The Balaban J connectivity index is 1.33. The molecule has 162 valence electrons. The number of hydrogen-bond donors (Lipinski definition) is 1. The number of aliphatic hydroxyl groups excluding tert-OH is 1. The van der Waals surface area contributed by atoms with E-state index < -0.39 is 16.1 Å². The molecule has 2 aliphatic rings. The molecule has 4 rings (SSSR count). The van der Waals surface area contributed by atoms with Gasteiger partial charge < -0.3 is 10.0 Å². The molecule has 1 atom stereocenters. The van der Waals surface area contributed by atoms with E-state index in [1.165, 1.54) is 16.4 Å². The second kappa shape index (κ2) is 9.15. The minimum absolute atomic E-state index is 0.0847. The van der Waals surface area contributed by atoms with E-state index >= 15 is 0 Å². The predicted octanol–water partition coefficient (Wildman–Crippen LogP) is 2.02. The molecule has 7 nitrogen and oxygen atoms in total. The molecule has 0 radical (unpaired) electrons. The Morgan fingerprint density at radius 3 is 2.27 bits per heavy atom. The van der Waals surface area contributed by atoms with Crippen LogP contribution in [0.25, 0.3) is 0 Å². The zero-order valence-corrected chi connectivity index (χ0v) is 18.4. The first kappa shape index (κ1) is 21.5. The molecule has 2 aromatic rings. The summed E-state index contributed by atoms with van der Waals surface area (Å²) >= 11 is 1.55. The molecule has 0 saturated carbocycles. The number of thiophene rings is 1. The Kier molecular flexibility index (Phi) is 6.54. The van der Waals surface area contributed by atoms with Gasteiger partial charge in [0.15, 0.2) is 0 Å². The molecule has 2 fully saturated rings. The van der Waals surface area contributed by atoms with Crippen molar-refractivity contribution in [2.75, 3.05) is 45.8 Å². The third-order valence-corrected chi connectivity index (χ3v) is 8.65. The van der Waals surface area contributed by atoms with Crippen molar-refractivity contribution in [2.24, 2.45) is 0 Å². The van der Waals surface area contributed by atoms with Crippen LogP contribution in [0.3, 0.4) is 0 Å². The van der Waals surface area contributed by atoms with Crippen LogP contribution in [0.15, 0.2) is 46.7 Å². The van der Waals surface area contributed by atoms with Crippen molar-refractivity contribution in [3.05, 3.63) is 52.2 Å². The zero-order chi connectivity index (χ0) is 21.1. The van der Waals surface area contributed by atoms with Crippen LogP contribution in [-0.4, -0.2) is 79.3 Å². The third kappa shape index (κ3) is 4.60. The normalized spacial score (nSPS) is 19.8. The van der Waals surface area contributed by atoms with E-state index in [0.717, 1.165) is 17.7 Å². The van der Waals surface area contributed by atoms with Crippen LogP contribution in [-0.2, 0) is 10.0 Å². The topological polar surface area (TPSA) is 81.2 Å². The molecule has 0 spiro atoms. The minimum atomic E-state index is -3.46. The lowest BCUT2D eigenvalue weighted by atomic mass is 10.1. The lowest BCUT2D eigenvalue weighted by Gasteiger charge is -2.35. The van der Waals surface area contributed by atoms with Crippen LogP contribution >= 0.6 is 11.3 Å². The molecule has 30 heavy (non-hydrogen) atoms. The van der Waals surface area contributed by atoms with Gasteiger partial charge in [0, 0.05) is 56.3 Å². The maximum absolute atomic E-state index is 12.8. The molecule has 9 heteroatoms. The van der Waals surface area contributed by atoms with Crippen molar-refractivity contribution in [1.82, 2.24) is 14.1 Å². The Morgan fingerprint density at radius 2 is 1.67 bits per heavy atom. The highest BCUT2D eigenvalue weighted by Crippen LogP contribution is 2.23. The van der Waals surface area contributed by atoms with Gasteiger partial charge >= 0.3 is 0 Å². The number of aliphatic hydroxyl groups is 1. The Bertz CT molecular complexity index is 947. The van der Waals surface area contributed by atoms with Crippen molar-refractivity contribution in [2.45, 2.75) is 23.8 Å². The highest BCUT2D eigenvalue weighted by molar-refractivity contribution is 7.89. The smallest absolute Gasteiger partial charge is 0.253 e. The lowest BCUT2D eigenvalue weighted by Crippen LogP contribution is -2.49. The van der Waals surface area contributed by atoms with E-state index in [9.17, 15) is 18.3 Å². The number of rotatable bonds is 6. The fourth-order valence-electron chi connectivity index (χ4n) is 3.98. The highest BCUT2D eigenvalue weighted by Gasteiger charge is 2.28. The quantitative estimate of drug-likeness (QED) is 0.730. The number of carbonyl (C=O) groups is 1. The summed E-state index contributed by atoms with van der Waals surface area (Å²) in [4.78, 5) is 18.0. The minimum Gasteiger partial charge on any atom is -0.386 e. The van der Waals surface area contributed by atoms with E-state index in [1.807, 2.05) is 17.5 Å². The fourth-order valence-corrected chi connectivity index (χ4v) is 6.20. The molecule has 1 amide bonds. The molecule has 1 aromatic carbocycles. The van der Waals surface area contributed by atoms with Gasteiger partial charge in [-0.05, 0) is 48.6 Å². The van der Waals surface area contributed by atoms with Gasteiger partial charge in [0.2, 0.25) is 10.0 Å². The maximum Gasteiger partial charge on any atom is 0.253 e. The van der Waals surface area contributed by atoms with Crippen molar-refractivity contribution < 1.29 is 18.3 Å². The predicted molar refractivity (Wildman–Crippen MR) is 116 cm³/mol. The summed E-state index contributed by atoms with van der Waals surface area (Å²) in [5.74, 6) is -0.0847. The highest BCUT2D eigenvalue weighted by atomic mass is 32.2.